The minimum absolute atomic E-state index is 0. The SMILES string of the molecule is CC(C)c1nnc2n1[C@@H](C)CN(C(=O)[C@H]1CCCN1)C2.Cl. The molecule has 0 saturated carbocycles. The van der Waals surface area contributed by atoms with Crippen molar-refractivity contribution in [1.29, 1.82) is 0 Å². The van der Waals surface area contributed by atoms with Crippen molar-refractivity contribution in [3.63, 3.8) is 0 Å². The molecule has 118 valence electrons. The van der Waals surface area contributed by atoms with Crippen LogP contribution in [0.4, 0.5) is 0 Å². The van der Waals surface area contributed by atoms with E-state index >= 15 is 0 Å². The molecule has 6 nitrogen and oxygen atoms in total. The summed E-state index contributed by atoms with van der Waals surface area (Å²) in [7, 11) is 0. The fourth-order valence-electron chi connectivity index (χ4n) is 3.24. The van der Waals surface area contributed by atoms with Gasteiger partial charge in [0.2, 0.25) is 5.91 Å². The maximum atomic E-state index is 12.5. The van der Waals surface area contributed by atoms with Crippen molar-refractivity contribution in [1.82, 2.24) is 25.0 Å². The van der Waals surface area contributed by atoms with Crippen LogP contribution in [0.2, 0.25) is 0 Å². The Balaban J connectivity index is 0.00000161. The molecule has 1 N–H and O–H groups in total. The van der Waals surface area contributed by atoms with Gasteiger partial charge in [0.05, 0.1) is 18.6 Å². The highest BCUT2D eigenvalue weighted by Crippen LogP contribution is 2.26. The van der Waals surface area contributed by atoms with Crippen molar-refractivity contribution in [2.45, 2.75) is 58.2 Å². The summed E-state index contributed by atoms with van der Waals surface area (Å²) in [5.74, 6) is 2.52. The van der Waals surface area contributed by atoms with E-state index in [2.05, 4.69) is 40.9 Å². The van der Waals surface area contributed by atoms with Crippen LogP contribution in [0.5, 0.6) is 0 Å². The van der Waals surface area contributed by atoms with Gasteiger partial charge in [-0.05, 0) is 26.3 Å². The second-order valence-corrected chi connectivity index (χ2v) is 6.22. The number of carbonyl (C=O) groups excluding carboxylic acids is 1. The zero-order valence-corrected chi connectivity index (χ0v) is 13.7. The maximum absolute atomic E-state index is 12.5. The molecule has 21 heavy (non-hydrogen) atoms. The molecule has 0 aromatic carbocycles. The number of hydrogen-bond acceptors (Lipinski definition) is 4. The standard InChI is InChI=1S/C14H23N5O.ClH/c1-9(2)13-17-16-12-8-18(7-10(3)19(12)13)14(20)11-5-4-6-15-11;/h9-11,15H,4-8H2,1-3H3;1H/t10-,11+;/m0./s1. The van der Waals surface area contributed by atoms with Gasteiger partial charge < -0.3 is 14.8 Å². The quantitative estimate of drug-likeness (QED) is 0.898. The molecule has 0 radical (unpaired) electrons. The van der Waals surface area contributed by atoms with Gasteiger partial charge in [-0.1, -0.05) is 13.8 Å². The van der Waals surface area contributed by atoms with Crippen LogP contribution >= 0.6 is 12.4 Å². The molecule has 1 fully saturated rings. The largest absolute Gasteiger partial charge is 0.332 e. The molecule has 1 saturated heterocycles. The first kappa shape index (κ1) is 16.2. The van der Waals surface area contributed by atoms with Crippen molar-refractivity contribution in [2.75, 3.05) is 13.1 Å². The summed E-state index contributed by atoms with van der Waals surface area (Å²) in [6, 6.07) is 0.248. The van der Waals surface area contributed by atoms with Crippen molar-refractivity contribution < 1.29 is 4.79 Å². The van der Waals surface area contributed by atoms with Crippen molar-refractivity contribution in [2.24, 2.45) is 0 Å². The van der Waals surface area contributed by atoms with Gasteiger partial charge in [0.25, 0.3) is 0 Å². The number of amides is 1. The minimum atomic E-state index is 0. The number of hydrogen-bond donors (Lipinski definition) is 1. The smallest absolute Gasteiger partial charge is 0.240 e. The van der Waals surface area contributed by atoms with E-state index in [4.69, 9.17) is 0 Å². The molecule has 2 atom stereocenters. The Bertz CT molecular complexity index is 509. The Kier molecular flexibility index (Phi) is 4.88. The Morgan fingerprint density at radius 2 is 2.14 bits per heavy atom. The molecule has 1 amide bonds. The predicted molar refractivity (Wildman–Crippen MR) is 82.5 cm³/mol. The summed E-state index contributed by atoms with van der Waals surface area (Å²) < 4.78 is 2.20. The lowest BCUT2D eigenvalue weighted by Crippen LogP contribution is -2.48. The van der Waals surface area contributed by atoms with Gasteiger partial charge >= 0.3 is 0 Å². The molecular formula is C14H24ClN5O. The van der Waals surface area contributed by atoms with Gasteiger partial charge in [0, 0.05) is 12.5 Å². The lowest BCUT2D eigenvalue weighted by Gasteiger charge is -2.34. The molecule has 3 rings (SSSR count). The van der Waals surface area contributed by atoms with Gasteiger partial charge in [-0.2, -0.15) is 0 Å². The molecule has 3 heterocycles. The number of nitrogens with zero attached hydrogens (tertiary/aromatic N) is 4. The highest BCUT2D eigenvalue weighted by molar-refractivity contribution is 5.85. The van der Waals surface area contributed by atoms with Crippen LogP contribution in [0, 0.1) is 0 Å². The molecule has 0 bridgehead atoms. The number of rotatable bonds is 2. The lowest BCUT2D eigenvalue weighted by atomic mass is 10.1. The highest BCUT2D eigenvalue weighted by atomic mass is 35.5. The van der Waals surface area contributed by atoms with Crippen LogP contribution in [-0.2, 0) is 11.3 Å². The fraction of sp³-hybridized carbons (Fsp3) is 0.786. The van der Waals surface area contributed by atoms with E-state index in [-0.39, 0.29) is 30.4 Å². The average molecular weight is 314 g/mol. The molecule has 0 aliphatic carbocycles. The predicted octanol–water partition coefficient (Wildman–Crippen LogP) is 1.48. The van der Waals surface area contributed by atoms with Crippen LogP contribution in [0.1, 0.15) is 57.2 Å². The Morgan fingerprint density at radius 3 is 2.76 bits per heavy atom. The first-order chi connectivity index (χ1) is 9.58. The van der Waals surface area contributed by atoms with Gasteiger partial charge in [0.1, 0.15) is 5.82 Å². The number of aromatic nitrogens is 3. The van der Waals surface area contributed by atoms with Crippen LogP contribution in [0.3, 0.4) is 0 Å². The Hall–Kier alpha value is -1.14. The fourth-order valence-corrected chi connectivity index (χ4v) is 3.24. The third kappa shape index (κ3) is 2.92. The second kappa shape index (κ2) is 6.32. The summed E-state index contributed by atoms with van der Waals surface area (Å²) in [4.78, 5) is 14.4. The van der Waals surface area contributed by atoms with Crippen LogP contribution in [0.15, 0.2) is 0 Å². The van der Waals surface area contributed by atoms with E-state index < -0.39 is 0 Å². The number of fused-ring (bicyclic) bond motifs is 1. The summed E-state index contributed by atoms with van der Waals surface area (Å²) in [6.07, 6.45) is 2.04. The van der Waals surface area contributed by atoms with Crippen molar-refractivity contribution in [3.8, 4) is 0 Å². The molecule has 2 aliphatic heterocycles. The third-order valence-electron chi connectivity index (χ3n) is 4.24. The molecule has 0 unspecified atom stereocenters. The molecular weight excluding hydrogens is 290 g/mol. The van der Waals surface area contributed by atoms with Crippen molar-refractivity contribution in [3.05, 3.63) is 11.6 Å². The topological polar surface area (TPSA) is 63.1 Å². The Labute approximate surface area is 131 Å². The molecule has 1 aromatic heterocycles. The van der Waals surface area contributed by atoms with Gasteiger partial charge in [-0.25, -0.2) is 0 Å². The van der Waals surface area contributed by atoms with Gasteiger partial charge in [-0.15, -0.1) is 22.6 Å². The van der Waals surface area contributed by atoms with Crippen molar-refractivity contribution >= 4 is 18.3 Å². The first-order valence-corrected chi connectivity index (χ1v) is 7.53. The average Bonchev–Trinajstić information content (AvgIpc) is 3.06. The summed E-state index contributed by atoms with van der Waals surface area (Å²) in [5.41, 5.74) is 0. The number of nitrogens with one attached hydrogen (secondary N) is 1. The molecule has 0 spiro atoms. The maximum Gasteiger partial charge on any atom is 0.240 e. The van der Waals surface area contributed by atoms with E-state index in [1.54, 1.807) is 0 Å². The summed E-state index contributed by atoms with van der Waals surface area (Å²) >= 11 is 0. The zero-order valence-electron chi connectivity index (χ0n) is 12.9. The van der Waals surface area contributed by atoms with Gasteiger partial charge in [0.15, 0.2) is 5.82 Å². The van der Waals surface area contributed by atoms with Crippen LogP contribution in [-0.4, -0.2) is 44.7 Å². The normalized spacial score (nSPS) is 24.9. The van der Waals surface area contributed by atoms with Crippen LogP contribution in [0.25, 0.3) is 0 Å². The van der Waals surface area contributed by atoms with Gasteiger partial charge in [-0.3, -0.25) is 4.79 Å². The highest BCUT2D eigenvalue weighted by Gasteiger charge is 2.33. The van der Waals surface area contributed by atoms with E-state index in [0.717, 1.165) is 37.6 Å². The zero-order chi connectivity index (χ0) is 14.3. The Morgan fingerprint density at radius 1 is 1.38 bits per heavy atom. The van der Waals surface area contributed by atoms with E-state index in [0.29, 0.717) is 12.5 Å². The minimum Gasteiger partial charge on any atom is -0.332 e. The first-order valence-electron chi connectivity index (χ1n) is 7.53. The van der Waals surface area contributed by atoms with E-state index in [1.165, 1.54) is 0 Å². The second-order valence-electron chi connectivity index (χ2n) is 6.22. The molecule has 7 heteroatoms. The third-order valence-corrected chi connectivity index (χ3v) is 4.24. The number of halogens is 1. The number of carbonyl (C=O) groups is 1. The molecule has 2 aliphatic rings. The lowest BCUT2D eigenvalue weighted by molar-refractivity contribution is -0.135. The van der Waals surface area contributed by atoms with E-state index in [9.17, 15) is 4.79 Å². The monoisotopic (exact) mass is 313 g/mol. The summed E-state index contributed by atoms with van der Waals surface area (Å²) in [5, 5.41) is 11.9. The van der Waals surface area contributed by atoms with Crippen LogP contribution < -0.4 is 5.32 Å². The summed E-state index contributed by atoms with van der Waals surface area (Å²) in [6.45, 7) is 8.69. The molecule has 1 aromatic rings. The van der Waals surface area contributed by atoms with E-state index in [1.807, 2.05) is 4.90 Å².